The Morgan fingerprint density at radius 3 is 2.53 bits per heavy atom. The first-order valence-electron chi connectivity index (χ1n) is 10.5. The molecule has 1 aromatic heterocycles. The summed E-state index contributed by atoms with van der Waals surface area (Å²) in [7, 11) is 0. The van der Waals surface area contributed by atoms with E-state index in [9.17, 15) is 9.59 Å². The maximum Gasteiger partial charge on any atom is 0.413 e. The quantitative estimate of drug-likeness (QED) is 0.399. The second-order valence-corrected chi connectivity index (χ2v) is 7.77. The molecular weight excluding hydrogens is 402 g/mol. The molecule has 3 aromatic carbocycles. The number of hydrogen-bond donors (Lipinski definition) is 3. The molecule has 0 spiro atoms. The fourth-order valence-corrected chi connectivity index (χ4v) is 3.59. The van der Waals surface area contributed by atoms with Crippen molar-refractivity contribution in [1.29, 1.82) is 0 Å². The number of nitrogens with one attached hydrogen (secondary N) is 3. The maximum atomic E-state index is 13.2. The molecule has 0 fully saturated rings. The summed E-state index contributed by atoms with van der Waals surface area (Å²) >= 11 is 0. The van der Waals surface area contributed by atoms with Gasteiger partial charge in [-0.3, -0.25) is 4.79 Å². The summed E-state index contributed by atoms with van der Waals surface area (Å²) in [5.74, 6) is 0.0970. The molecule has 3 N–H and O–H groups in total. The number of para-hydroxylation sites is 2. The highest BCUT2D eigenvalue weighted by atomic mass is 16.6. The number of amides is 2. The highest BCUT2D eigenvalue weighted by Gasteiger charge is 2.24. The number of aromatic amines is 1. The predicted octanol–water partition coefficient (Wildman–Crippen LogP) is 5.12. The molecule has 2 amide bonds. The van der Waals surface area contributed by atoms with Gasteiger partial charge in [0.25, 0.3) is 0 Å². The van der Waals surface area contributed by atoms with Gasteiger partial charge in [0.2, 0.25) is 5.91 Å². The van der Waals surface area contributed by atoms with Gasteiger partial charge < -0.3 is 20.4 Å². The Kier molecular flexibility index (Phi) is 6.22. The van der Waals surface area contributed by atoms with Crippen LogP contribution in [0.4, 0.5) is 10.5 Å². The van der Waals surface area contributed by atoms with Crippen LogP contribution in [-0.4, -0.2) is 23.0 Å². The smallest absolute Gasteiger partial charge is 0.410 e. The van der Waals surface area contributed by atoms with Gasteiger partial charge in [-0.1, -0.05) is 48.5 Å². The molecule has 0 bridgehead atoms. The second-order valence-electron chi connectivity index (χ2n) is 7.77. The minimum absolute atomic E-state index is 0.310. The molecule has 6 heteroatoms. The van der Waals surface area contributed by atoms with Gasteiger partial charge in [-0.05, 0) is 54.8 Å². The standard InChI is InChI=1S/C26H25N3O3/c1-17-12-13-18(2)23(14-17)28-25(30)24(29-26(31)32-20-8-4-3-5-9-20)15-19-16-27-22-11-7-6-10-21(19)22/h3-14,16,24,27H,15H2,1-2H3,(H,28,30)(H,29,31)/t24-/m1/s1. The third kappa shape index (κ3) is 4.98. The molecule has 0 saturated heterocycles. The van der Waals surface area contributed by atoms with Crippen LogP contribution >= 0.6 is 0 Å². The Morgan fingerprint density at radius 1 is 0.969 bits per heavy atom. The van der Waals surface area contributed by atoms with E-state index in [1.54, 1.807) is 24.3 Å². The normalized spacial score (nSPS) is 11.7. The van der Waals surface area contributed by atoms with Gasteiger partial charge in [0.1, 0.15) is 11.8 Å². The van der Waals surface area contributed by atoms with Crippen molar-refractivity contribution in [1.82, 2.24) is 10.3 Å². The van der Waals surface area contributed by atoms with Crippen LogP contribution in [0.5, 0.6) is 5.75 Å². The summed E-state index contributed by atoms with van der Waals surface area (Å²) < 4.78 is 5.36. The molecule has 6 nitrogen and oxygen atoms in total. The van der Waals surface area contributed by atoms with Crippen LogP contribution in [0.15, 0.2) is 79.0 Å². The van der Waals surface area contributed by atoms with Crippen molar-refractivity contribution in [2.24, 2.45) is 0 Å². The Hall–Kier alpha value is -4.06. The number of rotatable bonds is 6. The van der Waals surface area contributed by atoms with Crippen LogP contribution in [0.3, 0.4) is 0 Å². The van der Waals surface area contributed by atoms with E-state index in [4.69, 9.17) is 4.74 Å². The van der Waals surface area contributed by atoms with E-state index in [1.165, 1.54) is 0 Å². The highest BCUT2D eigenvalue weighted by molar-refractivity contribution is 5.98. The van der Waals surface area contributed by atoms with Gasteiger partial charge in [-0.15, -0.1) is 0 Å². The Morgan fingerprint density at radius 2 is 1.72 bits per heavy atom. The van der Waals surface area contributed by atoms with Crippen LogP contribution in [0.1, 0.15) is 16.7 Å². The molecule has 162 valence electrons. The maximum absolute atomic E-state index is 13.2. The number of hydrogen-bond acceptors (Lipinski definition) is 3. The summed E-state index contributed by atoms with van der Waals surface area (Å²) in [6, 6.07) is 21.6. The first-order chi connectivity index (χ1) is 15.5. The van der Waals surface area contributed by atoms with Crippen molar-refractivity contribution < 1.29 is 14.3 Å². The summed E-state index contributed by atoms with van der Waals surface area (Å²) in [5.41, 5.74) is 4.61. The molecule has 32 heavy (non-hydrogen) atoms. The number of ether oxygens (including phenoxy) is 1. The van der Waals surface area contributed by atoms with Crippen LogP contribution in [0.2, 0.25) is 0 Å². The van der Waals surface area contributed by atoms with Crippen molar-refractivity contribution >= 4 is 28.6 Å². The molecule has 0 aliphatic rings. The van der Waals surface area contributed by atoms with Gasteiger partial charge in [-0.2, -0.15) is 0 Å². The second kappa shape index (κ2) is 9.39. The molecule has 0 unspecified atom stereocenters. The number of benzene rings is 3. The van der Waals surface area contributed by atoms with E-state index >= 15 is 0 Å². The van der Waals surface area contributed by atoms with Crippen LogP contribution in [-0.2, 0) is 11.2 Å². The lowest BCUT2D eigenvalue weighted by Crippen LogP contribution is -2.46. The number of aryl methyl sites for hydroxylation is 2. The average Bonchev–Trinajstić information content (AvgIpc) is 3.19. The monoisotopic (exact) mass is 427 g/mol. The van der Waals surface area contributed by atoms with Crippen LogP contribution < -0.4 is 15.4 Å². The van der Waals surface area contributed by atoms with E-state index in [-0.39, 0.29) is 5.91 Å². The molecule has 0 aliphatic carbocycles. The molecular formula is C26H25N3O3. The fourth-order valence-electron chi connectivity index (χ4n) is 3.59. The lowest BCUT2D eigenvalue weighted by Gasteiger charge is -2.19. The Balaban J connectivity index is 1.57. The van der Waals surface area contributed by atoms with Gasteiger partial charge in [0.15, 0.2) is 0 Å². The summed E-state index contributed by atoms with van der Waals surface area (Å²) in [6.07, 6.45) is 1.50. The molecule has 0 aliphatic heterocycles. The van der Waals surface area contributed by atoms with E-state index in [1.807, 2.05) is 68.6 Å². The minimum atomic E-state index is -0.828. The van der Waals surface area contributed by atoms with Gasteiger partial charge in [0.05, 0.1) is 0 Å². The topological polar surface area (TPSA) is 83.2 Å². The zero-order valence-corrected chi connectivity index (χ0v) is 18.0. The number of fused-ring (bicyclic) bond motifs is 1. The molecule has 4 aromatic rings. The van der Waals surface area contributed by atoms with Crippen molar-refractivity contribution in [3.8, 4) is 5.75 Å². The summed E-state index contributed by atoms with van der Waals surface area (Å²) in [5, 5.41) is 6.71. The Labute approximate surface area is 186 Å². The zero-order chi connectivity index (χ0) is 22.5. The van der Waals surface area contributed by atoms with Gasteiger partial charge in [-0.25, -0.2) is 4.79 Å². The predicted molar refractivity (Wildman–Crippen MR) is 126 cm³/mol. The number of aromatic nitrogens is 1. The molecule has 4 rings (SSSR count). The number of H-pyrrole nitrogens is 1. The molecule has 1 atom stereocenters. The van der Waals surface area contributed by atoms with Crippen molar-refractivity contribution in [2.75, 3.05) is 5.32 Å². The van der Waals surface area contributed by atoms with Gasteiger partial charge >= 0.3 is 6.09 Å². The summed E-state index contributed by atoms with van der Waals surface area (Å²) in [6.45, 7) is 3.90. The van der Waals surface area contributed by atoms with Crippen LogP contribution in [0, 0.1) is 13.8 Å². The largest absolute Gasteiger partial charge is 0.413 e. The van der Waals surface area contributed by atoms with Gasteiger partial charge in [0, 0.05) is 29.2 Å². The number of carbonyl (C=O) groups excluding carboxylic acids is 2. The van der Waals surface area contributed by atoms with E-state index in [0.29, 0.717) is 12.2 Å². The lowest BCUT2D eigenvalue weighted by atomic mass is 10.0. The third-order valence-corrected chi connectivity index (χ3v) is 5.31. The number of carbonyl (C=O) groups is 2. The average molecular weight is 428 g/mol. The van der Waals surface area contributed by atoms with E-state index in [2.05, 4.69) is 15.6 Å². The Bertz CT molecular complexity index is 1250. The third-order valence-electron chi connectivity index (χ3n) is 5.31. The SMILES string of the molecule is Cc1ccc(C)c(NC(=O)[C@@H](Cc2c[nH]c3ccccc23)NC(=O)Oc2ccccc2)c1. The minimum Gasteiger partial charge on any atom is -0.410 e. The molecule has 0 radical (unpaired) electrons. The first kappa shape index (κ1) is 21.2. The lowest BCUT2D eigenvalue weighted by molar-refractivity contribution is -0.118. The van der Waals surface area contributed by atoms with E-state index in [0.717, 1.165) is 33.3 Å². The molecule has 1 heterocycles. The number of anilines is 1. The van der Waals surface area contributed by atoms with E-state index < -0.39 is 12.1 Å². The summed E-state index contributed by atoms with van der Waals surface area (Å²) in [4.78, 5) is 29.0. The zero-order valence-electron chi connectivity index (χ0n) is 18.0. The van der Waals surface area contributed by atoms with Crippen molar-refractivity contribution in [3.05, 3.63) is 95.7 Å². The van der Waals surface area contributed by atoms with Crippen LogP contribution in [0.25, 0.3) is 10.9 Å². The van der Waals surface area contributed by atoms with Crippen molar-refractivity contribution in [3.63, 3.8) is 0 Å². The fraction of sp³-hybridized carbons (Fsp3) is 0.154. The highest BCUT2D eigenvalue weighted by Crippen LogP contribution is 2.21. The van der Waals surface area contributed by atoms with Crippen molar-refractivity contribution in [2.45, 2.75) is 26.3 Å². The molecule has 0 saturated carbocycles. The first-order valence-corrected chi connectivity index (χ1v) is 10.5.